The highest BCUT2D eigenvalue weighted by molar-refractivity contribution is 6.07. The van der Waals surface area contributed by atoms with Gasteiger partial charge in [-0.25, -0.2) is 5.43 Å². The summed E-state index contributed by atoms with van der Waals surface area (Å²) < 4.78 is 5.63. The number of hydrazone groups is 1. The zero-order chi connectivity index (χ0) is 18.2. The van der Waals surface area contributed by atoms with Crippen molar-refractivity contribution in [2.45, 2.75) is 19.8 Å². The van der Waals surface area contributed by atoms with Gasteiger partial charge in [0.05, 0.1) is 12.8 Å². The zero-order valence-corrected chi connectivity index (χ0v) is 14.8. The van der Waals surface area contributed by atoms with E-state index in [-0.39, 0.29) is 5.91 Å². The third-order valence-corrected chi connectivity index (χ3v) is 4.06. The molecule has 132 valence electrons. The van der Waals surface area contributed by atoms with Crippen molar-refractivity contribution in [2.24, 2.45) is 5.10 Å². The molecule has 3 aromatic rings. The van der Waals surface area contributed by atoms with Crippen molar-refractivity contribution in [3.8, 4) is 5.75 Å². The van der Waals surface area contributed by atoms with Gasteiger partial charge in [0.1, 0.15) is 5.75 Å². The number of fused-ring (bicyclic) bond motifs is 1. The highest BCUT2D eigenvalue weighted by atomic mass is 16.5. The van der Waals surface area contributed by atoms with E-state index < -0.39 is 0 Å². The molecule has 1 amide bonds. The van der Waals surface area contributed by atoms with Gasteiger partial charge in [0, 0.05) is 5.56 Å². The normalized spacial score (nSPS) is 11.0. The Labute approximate surface area is 153 Å². The van der Waals surface area contributed by atoms with Crippen LogP contribution in [-0.2, 0) is 0 Å². The Morgan fingerprint density at radius 2 is 1.81 bits per heavy atom. The second-order valence-electron chi connectivity index (χ2n) is 6.00. The van der Waals surface area contributed by atoms with Crippen LogP contribution in [0.5, 0.6) is 5.75 Å². The van der Waals surface area contributed by atoms with Crippen LogP contribution >= 0.6 is 0 Å². The molecule has 0 aliphatic heterocycles. The number of carbonyl (C=O) groups is 1. The van der Waals surface area contributed by atoms with Crippen molar-refractivity contribution in [1.82, 2.24) is 5.43 Å². The second-order valence-corrected chi connectivity index (χ2v) is 6.00. The Bertz CT molecular complexity index is 896. The number of nitrogens with one attached hydrogen (secondary N) is 1. The lowest BCUT2D eigenvalue weighted by Gasteiger charge is -2.05. The van der Waals surface area contributed by atoms with Gasteiger partial charge in [-0.2, -0.15) is 5.10 Å². The molecule has 0 aliphatic rings. The lowest BCUT2D eigenvalue weighted by Crippen LogP contribution is -2.17. The largest absolute Gasteiger partial charge is 0.494 e. The maximum atomic E-state index is 12.4. The smallest absolute Gasteiger partial charge is 0.271 e. The summed E-state index contributed by atoms with van der Waals surface area (Å²) in [5.74, 6) is 0.618. The molecule has 1 N–H and O–H groups in total. The first-order valence-electron chi connectivity index (χ1n) is 8.82. The number of hydrogen-bond donors (Lipinski definition) is 1. The lowest BCUT2D eigenvalue weighted by atomic mass is 10.0. The number of ether oxygens (including phenoxy) is 1. The van der Waals surface area contributed by atoms with Gasteiger partial charge in [-0.1, -0.05) is 49.7 Å². The first-order valence-corrected chi connectivity index (χ1v) is 8.82. The van der Waals surface area contributed by atoms with Gasteiger partial charge in [-0.3, -0.25) is 4.79 Å². The molecular formula is C22H22N2O2. The van der Waals surface area contributed by atoms with E-state index in [1.54, 1.807) is 12.3 Å². The van der Waals surface area contributed by atoms with Crippen molar-refractivity contribution in [1.29, 1.82) is 0 Å². The molecule has 0 saturated heterocycles. The lowest BCUT2D eigenvalue weighted by molar-refractivity contribution is 0.0957. The number of benzene rings is 3. The number of carbonyl (C=O) groups excluding carboxylic acids is 1. The standard InChI is InChI=1S/C22H22N2O2/c1-2-3-15-26-19-13-11-17(12-14-19)16-23-24-22(25)21-10-6-8-18-7-4-5-9-20(18)21/h4-14,16H,2-3,15H2,1H3,(H,24,25)/b23-16-. The summed E-state index contributed by atoms with van der Waals surface area (Å²) in [7, 11) is 0. The number of rotatable bonds is 7. The maximum absolute atomic E-state index is 12.4. The maximum Gasteiger partial charge on any atom is 0.271 e. The minimum Gasteiger partial charge on any atom is -0.494 e. The first-order chi connectivity index (χ1) is 12.8. The topological polar surface area (TPSA) is 50.7 Å². The van der Waals surface area contributed by atoms with Crippen molar-refractivity contribution in [3.05, 3.63) is 77.9 Å². The molecule has 0 bridgehead atoms. The molecule has 0 aliphatic carbocycles. The van der Waals surface area contributed by atoms with Crippen LogP contribution < -0.4 is 10.2 Å². The van der Waals surface area contributed by atoms with Gasteiger partial charge in [0.2, 0.25) is 0 Å². The van der Waals surface area contributed by atoms with Gasteiger partial charge in [-0.05, 0) is 53.1 Å². The fraction of sp³-hybridized carbons (Fsp3) is 0.182. The Morgan fingerprint density at radius 1 is 1.04 bits per heavy atom. The van der Waals surface area contributed by atoms with Gasteiger partial charge < -0.3 is 4.74 Å². The minimum atomic E-state index is -0.224. The van der Waals surface area contributed by atoms with Crippen molar-refractivity contribution < 1.29 is 9.53 Å². The molecule has 0 spiro atoms. The first kappa shape index (κ1) is 17.7. The molecule has 0 radical (unpaired) electrons. The average Bonchev–Trinajstić information content (AvgIpc) is 2.69. The van der Waals surface area contributed by atoms with Gasteiger partial charge in [-0.15, -0.1) is 0 Å². The molecule has 4 nitrogen and oxygen atoms in total. The van der Waals surface area contributed by atoms with E-state index in [0.29, 0.717) is 5.56 Å². The predicted molar refractivity (Wildman–Crippen MR) is 106 cm³/mol. The Morgan fingerprint density at radius 3 is 2.62 bits per heavy atom. The quantitative estimate of drug-likeness (QED) is 0.380. The molecule has 0 unspecified atom stereocenters. The van der Waals surface area contributed by atoms with Gasteiger partial charge >= 0.3 is 0 Å². The predicted octanol–water partition coefficient (Wildman–Crippen LogP) is 4.78. The fourth-order valence-electron chi connectivity index (χ4n) is 2.63. The summed E-state index contributed by atoms with van der Waals surface area (Å²) in [4.78, 5) is 12.4. The zero-order valence-electron chi connectivity index (χ0n) is 14.8. The summed E-state index contributed by atoms with van der Waals surface area (Å²) in [6.07, 6.45) is 3.78. The van der Waals surface area contributed by atoms with Crippen LogP contribution in [0.4, 0.5) is 0 Å². The van der Waals surface area contributed by atoms with Crippen LogP contribution in [0.3, 0.4) is 0 Å². The molecule has 0 atom stereocenters. The highest BCUT2D eigenvalue weighted by Crippen LogP contribution is 2.18. The third kappa shape index (κ3) is 4.48. The van der Waals surface area contributed by atoms with Crippen molar-refractivity contribution in [2.75, 3.05) is 6.61 Å². The Hall–Kier alpha value is -3.14. The highest BCUT2D eigenvalue weighted by Gasteiger charge is 2.08. The van der Waals surface area contributed by atoms with Crippen LogP contribution in [0, 0.1) is 0 Å². The van der Waals surface area contributed by atoms with Crippen LogP contribution in [0.2, 0.25) is 0 Å². The molecular weight excluding hydrogens is 324 g/mol. The summed E-state index contributed by atoms with van der Waals surface area (Å²) in [6.45, 7) is 2.86. The number of hydrogen-bond acceptors (Lipinski definition) is 3. The van der Waals surface area contributed by atoms with E-state index in [2.05, 4.69) is 17.5 Å². The average molecular weight is 346 g/mol. The van der Waals surface area contributed by atoms with Crippen LogP contribution in [0.25, 0.3) is 10.8 Å². The molecule has 3 rings (SSSR count). The van der Waals surface area contributed by atoms with E-state index >= 15 is 0 Å². The molecule has 0 heterocycles. The third-order valence-electron chi connectivity index (χ3n) is 4.06. The van der Waals surface area contributed by atoms with Crippen LogP contribution in [0.15, 0.2) is 71.8 Å². The number of nitrogens with zero attached hydrogens (tertiary/aromatic N) is 1. The Kier molecular flexibility index (Phi) is 5.99. The van der Waals surface area contributed by atoms with Gasteiger partial charge in [0.15, 0.2) is 0 Å². The van der Waals surface area contributed by atoms with Crippen molar-refractivity contribution in [3.63, 3.8) is 0 Å². The summed E-state index contributed by atoms with van der Waals surface area (Å²) in [6, 6.07) is 21.1. The summed E-state index contributed by atoms with van der Waals surface area (Å²) in [5.41, 5.74) is 4.10. The van der Waals surface area contributed by atoms with Crippen molar-refractivity contribution >= 4 is 22.9 Å². The van der Waals surface area contributed by atoms with E-state index in [1.807, 2.05) is 60.7 Å². The summed E-state index contributed by atoms with van der Waals surface area (Å²) in [5, 5.41) is 6.01. The SMILES string of the molecule is CCCCOc1ccc(/C=N\NC(=O)c2cccc3ccccc23)cc1. The monoisotopic (exact) mass is 346 g/mol. The number of unbranched alkanes of at least 4 members (excludes halogenated alkanes) is 1. The van der Waals surface area contributed by atoms with E-state index in [0.717, 1.165) is 41.5 Å². The van der Waals surface area contributed by atoms with E-state index in [9.17, 15) is 4.79 Å². The molecule has 26 heavy (non-hydrogen) atoms. The van der Waals surface area contributed by atoms with E-state index in [4.69, 9.17) is 4.74 Å². The van der Waals surface area contributed by atoms with E-state index in [1.165, 1.54) is 0 Å². The Balaban J connectivity index is 1.62. The molecule has 4 heteroatoms. The molecule has 0 fully saturated rings. The fourth-order valence-corrected chi connectivity index (χ4v) is 2.63. The van der Waals surface area contributed by atoms with Crippen LogP contribution in [-0.4, -0.2) is 18.7 Å². The summed E-state index contributed by atoms with van der Waals surface area (Å²) >= 11 is 0. The van der Waals surface area contributed by atoms with Gasteiger partial charge in [0.25, 0.3) is 5.91 Å². The molecule has 3 aromatic carbocycles. The molecule has 0 saturated carbocycles. The van der Waals surface area contributed by atoms with Crippen LogP contribution in [0.1, 0.15) is 35.7 Å². The second kappa shape index (κ2) is 8.81. The number of amides is 1. The minimum absolute atomic E-state index is 0.224. The molecule has 0 aromatic heterocycles.